The van der Waals surface area contributed by atoms with E-state index in [9.17, 15) is 0 Å². The van der Waals surface area contributed by atoms with E-state index in [0.717, 1.165) is 32.0 Å². The maximum atomic E-state index is 4.31. The number of hydrogen-bond acceptors (Lipinski definition) is 3. The lowest BCUT2D eigenvalue weighted by atomic mass is 10.3. The molecule has 0 saturated carbocycles. The Bertz CT molecular complexity index is 252. The molecule has 0 atom stereocenters. The van der Waals surface area contributed by atoms with Gasteiger partial charge in [0.1, 0.15) is 5.82 Å². The van der Waals surface area contributed by atoms with Gasteiger partial charge in [0, 0.05) is 19.3 Å². The minimum Gasteiger partial charge on any atom is -0.456 e. The molecule has 1 fully saturated rings. The first kappa shape index (κ1) is 8.51. The van der Waals surface area contributed by atoms with E-state index in [2.05, 4.69) is 27.9 Å². The van der Waals surface area contributed by atoms with Crippen molar-refractivity contribution in [2.45, 2.75) is 0 Å². The van der Waals surface area contributed by atoms with E-state index in [-0.39, 0.29) is 0 Å². The van der Waals surface area contributed by atoms with Crippen LogP contribution in [0.25, 0.3) is 0 Å². The molecule has 3 heteroatoms. The number of nitrogens with zero attached hydrogens (tertiary/aromatic N) is 3. The van der Waals surface area contributed by atoms with Crippen LogP contribution in [0, 0.1) is 7.05 Å². The highest BCUT2D eigenvalue weighted by molar-refractivity contribution is 5.38. The summed E-state index contributed by atoms with van der Waals surface area (Å²) >= 11 is 0. The molecule has 1 saturated heterocycles. The fraction of sp³-hybridized carbons (Fsp3) is 0.400. The lowest BCUT2D eigenvalue weighted by Gasteiger charge is -2.37. The van der Waals surface area contributed by atoms with Crippen molar-refractivity contribution in [3.8, 4) is 0 Å². The molecule has 0 radical (unpaired) electrons. The maximum absolute atomic E-state index is 4.31. The largest absolute Gasteiger partial charge is 0.456 e. The topological polar surface area (TPSA) is 19.4 Å². The lowest BCUT2D eigenvalue weighted by Crippen LogP contribution is -2.43. The van der Waals surface area contributed by atoms with E-state index >= 15 is 0 Å². The fourth-order valence-electron chi connectivity index (χ4n) is 1.52. The minimum absolute atomic E-state index is 1.02. The van der Waals surface area contributed by atoms with Gasteiger partial charge >= 0.3 is 0 Å². The summed E-state index contributed by atoms with van der Waals surface area (Å²) < 4.78 is 0. The van der Waals surface area contributed by atoms with Crippen molar-refractivity contribution in [3.05, 3.63) is 31.4 Å². The summed E-state index contributed by atoms with van der Waals surface area (Å²) in [5.74, 6) is 1.08. The first-order valence-corrected chi connectivity index (χ1v) is 4.58. The standard InChI is InChI=1S/C10H14N3/c1-12-6-8-13(9-7-12)10-4-2-3-5-11-10/h2-5H,1,6-9H2/q-1. The Kier molecular flexibility index (Phi) is 2.45. The van der Waals surface area contributed by atoms with Gasteiger partial charge in [0.05, 0.1) is 0 Å². The zero-order chi connectivity index (χ0) is 9.10. The molecule has 2 rings (SSSR count). The number of rotatable bonds is 1. The first-order chi connectivity index (χ1) is 6.36. The molecule has 1 aliphatic heterocycles. The maximum Gasteiger partial charge on any atom is 0.128 e. The molecule has 0 N–H and O–H groups in total. The third kappa shape index (κ3) is 1.98. The molecule has 0 aliphatic carbocycles. The second-order valence-electron chi connectivity index (χ2n) is 3.29. The van der Waals surface area contributed by atoms with Gasteiger partial charge in [-0.3, -0.25) is 7.05 Å². The number of pyridine rings is 1. The Morgan fingerprint density at radius 2 is 1.92 bits per heavy atom. The van der Waals surface area contributed by atoms with Gasteiger partial charge in [0.2, 0.25) is 0 Å². The van der Waals surface area contributed by atoms with Crippen molar-refractivity contribution in [1.82, 2.24) is 9.88 Å². The number of piperazine rings is 1. The summed E-state index contributed by atoms with van der Waals surface area (Å²) in [6, 6.07) is 6.03. The average molecular weight is 176 g/mol. The van der Waals surface area contributed by atoms with Crippen molar-refractivity contribution in [2.24, 2.45) is 0 Å². The summed E-state index contributed by atoms with van der Waals surface area (Å²) in [4.78, 5) is 8.70. The Morgan fingerprint density at radius 3 is 2.54 bits per heavy atom. The SMILES string of the molecule is [CH2-]N1CCN(c2ccccn2)CC1. The van der Waals surface area contributed by atoms with Crippen LogP contribution in [0.2, 0.25) is 0 Å². The van der Waals surface area contributed by atoms with Crippen LogP contribution >= 0.6 is 0 Å². The van der Waals surface area contributed by atoms with E-state index in [4.69, 9.17) is 0 Å². The van der Waals surface area contributed by atoms with E-state index in [1.165, 1.54) is 0 Å². The quantitative estimate of drug-likeness (QED) is 0.595. The van der Waals surface area contributed by atoms with Gasteiger partial charge in [0.15, 0.2) is 0 Å². The molecule has 1 aromatic rings. The smallest absolute Gasteiger partial charge is 0.128 e. The summed E-state index contributed by atoms with van der Waals surface area (Å²) in [6.07, 6.45) is 1.84. The second-order valence-corrected chi connectivity index (χ2v) is 3.29. The van der Waals surface area contributed by atoms with Crippen molar-refractivity contribution < 1.29 is 0 Å². The Balaban J connectivity index is 2.03. The van der Waals surface area contributed by atoms with Crippen molar-refractivity contribution in [2.75, 3.05) is 31.1 Å². The normalized spacial score (nSPS) is 19.0. The number of hydrogen-bond donors (Lipinski definition) is 0. The molecule has 0 amide bonds. The van der Waals surface area contributed by atoms with Crippen LogP contribution in [-0.2, 0) is 0 Å². The molecule has 1 aromatic heterocycles. The van der Waals surface area contributed by atoms with Gasteiger partial charge in [-0.1, -0.05) is 6.07 Å². The molecule has 1 aliphatic rings. The summed E-state index contributed by atoms with van der Waals surface area (Å²) in [5.41, 5.74) is 0. The molecular weight excluding hydrogens is 162 g/mol. The van der Waals surface area contributed by atoms with Gasteiger partial charge in [-0.05, 0) is 25.2 Å². The zero-order valence-electron chi connectivity index (χ0n) is 7.69. The molecule has 0 bridgehead atoms. The molecule has 13 heavy (non-hydrogen) atoms. The van der Waals surface area contributed by atoms with Crippen LogP contribution in [-0.4, -0.2) is 36.1 Å². The molecule has 0 unspecified atom stereocenters. The summed E-state index contributed by atoms with van der Waals surface area (Å²) in [5, 5.41) is 0. The predicted octanol–water partition coefficient (Wildman–Crippen LogP) is 0.995. The van der Waals surface area contributed by atoms with Gasteiger partial charge in [-0.15, -0.1) is 0 Å². The summed E-state index contributed by atoms with van der Waals surface area (Å²) in [7, 11) is 3.91. The van der Waals surface area contributed by atoms with Gasteiger partial charge < -0.3 is 9.80 Å². The van der Waals surface area contributed by atoms with Crippen LogP contribution in [0.5, 0.6) is 0 Å². The first-order valence-electron chi connectivity index (χ1n) is 4.58. The van der Waals surface area contributed by atoms with E-state index in [0.29, 0.717) is 0 Å². The minimum atomic E-state index is 1.02. The van der Waals surface area contributed by atoms with Crippen LogP contribution in [0.3, 0.4) is 0 Å². The van der Waals surface area contributed by atoms with Crippen LogP contribution in [0.1, 0.15) is 0 Å². The highest BCUT2D eigenvalue weighted by Crippen LogP contribution is 2.11. The molecule has 0 aromatic carbocycles. The fourth-order valence-corrected chi connectivity index (χ4v) is 1.52. The number of anilines is 1. The monoisotopic (exact) mass is 176 g/mol. The summed E-state index contributed by atoms with van der Waals surface area (Å²) in [6.45, 7) is 4.11. The Labute approximate surface area is 79.0 Å². The van der Waals surface area contributed by atoms with Gasteiger partial charge in [-0.25, -0.2) is 4.98 Å². The predicted molar refractivity (Wildman–Crippen MR) is 53.4 cm³/mol. The van der Waals surface area contributed by atoms with Crippen LogP contribution in [0.4, 0.5) is 5.82 Å². The average Bonchev–Trinajstić information content (AvgIpc) is 2.20. The van der Waals surface area contributed by atoms with Crippen LogP contribution in [0.15, 0.2) is 24.4 Å². The molecule has 0 spiro atoms. The van der Waals surface area contributed by atoms with Gasteiger partial charge in [0.25, 0.3) is 0 Å². The van der Waals surface area contributed by atoms with E-state index in [1.54, 1.807) is 0 Å². The van der Waals surface area contributed by atoms with Crippen LogP contribution < -0.4 is 4.90 Å². The van der Waals surface area contributed by atoms with E-state index < -0.39 is 0 Å². The third-order valence-electron chi connectivity index (χ3n) is 2.35. The number of aromatic nitrogens is 1. The Hall–Kier alpha value is -1.09. The highest BCUT2D eigenvalue weighted by Gasteiger charge is 2.11. The van der Waals surface area contributed by atoms with Gasteiger partial charge in [-0.2, -0.15) is 0 Å². The van der Waals surface area contributed by atoms with E-state index in [1.807, 2.05) is 18.3 Å². The van der Waals surface area contributed by atoms with Crippen molar-refractivity contribution >= 4 is 5.82 Å². The Morgan fingerprint density at radius 1 is 1.15 bits per heavy atom. The lowest BCUT2D eigenvalue weighted by molar-refractivity contribution is 0.343. The zero-order valence-corrected chi connectivity index (χ0v) is 7.69. The highest BCUT2D eigenvalue weighted by atomic mass is 15.3. The third-order valence-corrected chi connectivity index (χ3v) is 2.35. The molecule has 70 valence electrons. The molecule has 3 nitrogen and oxygen atoms in total. The molecule has 2 heterocycles. The molecular formula is C10H14N3-. The van der Waals surface area contributed by atoms with Crippen molar-refractivity contribution in [1.29, 1.82) is 0 Å². The van der Waals surface area contributed by atoms with Crippen molar-refractivity contribution in [3.63, 3.8) is 0 Å². The second kappa shape index (κ2) is 3.75.